The number of hydrogen-bond donors (Lipinski definition) is 0. The van der Waals surface area contributed by atoms with Gasteiger partial charge in [0.1, 0.15) is 0 Å². The zero-order chi connectivity index (χ0) is 18.7. The maximum absolute atomic E-state index is 11.3. The van der Waals surface area contributed by atoms with Crippen LogP contribution >= 0.6 is 0 Å². The number of sulfonamides is 1. The van der Waals surface area contributed by atoms with Gasteiger partial charge in [0.2, 0.25) is 10.0 Å². The summed E-state index contributed by atoms with van der Waals surface area (Å²) in [5.74, 6) is -6.81. The second kappa shape index (κ2) is 6.94. The van der Waals surface area contributed by atoms with Crippen molar-refractivity contribution in [2.24, 2.45) is 0 Å². The second-order valence-corrected chi connectivity index (χ2v) is 7.96. The van der Waals surface area contributed by atoms with Crippen LogP contribution in [0.4, 0.5) is 26.3 Å². The molecule has 132 valence electrons. The Kier molecular flexibility index (Phi) is 7.29. The fraction of sp³-hybridized carbons (Fsp3) is 0.800. The van der Waals surface area contributed by atoms with Gasteiger partial charge in [-0.05, 0) is 20.8 Å². The summed E-state index contributed by atoms with van der Waals surface area (Å²) in [4.78, 5) is 19.2. The Bertz CT molecular complexity index is 489. The van der Waals surface area contributed by atoms with Crippen molar-refractivity contribution in [3.63, 3.8) is 0 Å². The van der Waals surface area contributed by atoms with Crippen molar-refractivity contribution in [1.29, 1.82) is 0 Å². The molecule has 0 aromatic carbocycles. The largest absolute Gasteiger partial charge is 0.458 e. The van der Waals surface area contributed by atoms with Crippen molar-refractivity contribution >= 4 is 21.6 Å². The van der Waals surface area contributed by atoms with Crippen LogP contribution in [0, 0.1) is 0 Å². The highest BCUT2D eigenvalue weighted by Gasteiger charge is 2.54. The summed E-state index contributed by atoms with van der Waals surface area (Å²) in [6.07, 6.45) is -11.5. The Hall–Kier alpha value is -1.17. The Balaban J connectivity index is 0. The lowest BCUT2D eigenvalue weighted by atomic mass is 10.2. The molecule has 0 atom stereocenters. The smallest absolute Gasteiger partial charge is 0.280 e. The molecule has 0 saturated heterocycles. The molecule has 0 N–H and O–H groups in total. The first-order valence-corrected chi connectivity index (χ1v) is 6.85. The summed E-state index contributed by atoms with van der Waals surface area (Å²) in [7, 11) is 0.00347. The Morgan fingerprint density at radius 3 is 1.05 bits per heavy atom. The summed E-state index contributed by atoms with van der Waals surface area (Å²) < 4.78 is 90.1. The van der Waals surface area contributed by atoms with E-state index in [-0.39, 0.29) is 0 Å². The standard InChI is InChI=1S/C6H15NO2S.C4F6O2/c1-6(2,3)10(8,9)7(4)5;5-3(6,7)1(11)2(12)4(8,9)10/h1-5H3;. The third-order valence-electron chi connectivity index (χ3n) is 1.98. The number of hydrogen-bond acceptors (Lipinski definition) is 4. The van der Waals surface area contributed by atoms with Crippen molar-refractivity contribution < 1.29 is 44.3 Å². The first-order valence-electron chi connectivity index (χ1n) is 5.41. The third kappa shape index (κ3) is 6.73. The van der Waals surface area contributed by atoms with Crippen LogP contribution in [-0.2, 0) is 19.6 Å². The summed E-state index contributed by atoms with van der Waals surface area (Å²) >= 11 is 0. The molecule has 0 heterocycles. The molecule has 0 spiro atoms. The van der Waals surface area contributed by atoms with E-state index in [0.29, 0.717) is 0 Å². The van der Waals surface area contributed by atoms with E-state index in [4.69, 9.17) is 0 Å². The monoisotopic (exact) mass is 359 g/mol. The van der Waals surface area contributed by atoms with Crippen LogP contribution < -0.4 is 0 Å². The molecule has 0 aromatic rings. The van der Waals surface area contributed by atoms with E-state index in [0.717, 1.165) is 0 Å². The lowest BCUT2D eigenvalue weighted by Gasteiger charge is -2.23. The first-order chi connectivity index (χ1) is 9.26. The summed E-state index contributed by atoms with van der Waals surface area (Å²) in [5.41, 5.74) is 0. The molecule has 0 amide bonds. The Morgan fingerprint density at radius 2 is 1.00 bits per heavy atom. The molecule has 22 heavy (non-hydrogen) atoms. The van der Waals surface area contributed by atoms with E-state index in [1.807, 2.05) is 0 Å². The normalized spacial score (nSPS) is 13.5. The predicted molar refractivity (Wildman–Crippen MR) is 64.5 cm³/mol. The number of nitrogens with zero attached hydrogens (tertiary/aromatic N) is 1. The molecular formula is C10H15F6NO4S. The number of halogens is 6. The van der Waals surface area contributed by atoms with Crippen molar-refractivity contribution in [2.75, 3.05) is 14.1 Å². The summed E-state index contributed by atoms with van der Waals surface area (Å²) in [6.45, 7) is 5.05. The van der Waals surface area contributed by atoms with E-state index in [9.17, 15) is 44.3 Å². The third-order valence-corrected chi connectivity index (χ3v) is 4.48. The molecule has 5 nitrogen and oxygen atoms in total. The minimum Gasteiger partial charge on any atom is -0.280 e. The highest BCUT2D eigenvalue weighted by Crippen LogP contribution is 2.24. The van der Waals surface area contributed by atoms with Gasteiger partial charge in [-0.25, -0.2) is 12.7 Å². The molecule has 0 radical (unpaired) electrons. The van der Waals surface area contributed by atoms with Crippen LogP contribution in [0.1, 0.15) is 20.8 Å². The van der Waals surface area contributed by atoms with E-state index < -0.39 is 38.7 Å². The molecule has 0 saturated carbocycles. The highest BCUT2D eigenvalue weighted by molar-refractivity contribution is 7.90. The maximum atomic E-state index is 11.3. The van der Waals surface area contributed by atoms with Crippen LogP contribution in [-0.4, -0.2) is 55.5 Å². The average Bonchev–Trinajstić information content (AvgIpc) is 2.23. The first kappa shape index (κ1) is 23.1. The van der Waals surface area contributed by atoms with Gasteiger partial charge in [0.15, 0.2) is 0 Å². The Morgan fingerprint density at radius 1 is 0.773 bits per heavy atom. The number of rotatable bonds is 2. The zero-order valence-corrected chi connectivity index (χ0v) is 13.1. The minimum absolute atomic E-state index is 0.684. The van der Waals surface area contributed by atoms with Gasteiger partial charge in [-0.3, -0.25) is 9.59 Å². The van der Waals surface area contributed by atoms with Gasteiger partial charge in [0.05, 0.1) is 4.75 Å². The molecule has 12 heteroatoms. The number of alkyl halides is 6. The van der Waals surface area contributed by atoms with E-state index in [2.05, 4.69) is 0 Å². The van der Waals surface area contributed by atoms with E-state index in [1.165, 1.54) is 4.31 Å². The molecular weight excluding hydrogens is 344 g/mol. The van der Waals surface area contributed by atoms with Crippen LogP contribution in [0.15, 0.2) is 0 Å². The molecule has 0 aliphatic carbocycles. The molecule has 0 unspecified atom stereocenters. The summed E-state index contributed by atoms with van der Waals surface area (Å²) in [5, 5.41) is 0. The molecule has 0 aliphatic heterocycles. The quantitative estimate of drug-likeness (QED) is 0.558. The molecule has 0 rings (SSSR count). The van der Waals surface area contributed by atoms with Gasteiger partial charge >= 0.3 is 23.9 Å². The number of Topliss-reactive ketones (excluding diaryl/α,β-unsaturated/α-hetero) is 2. The lowest BCUT2D eigenvalue weighted by Crippen LogP contribution is -2.39. The topological polar surface area (TPSA) is 71.5 Å². The Labute approximate surface area is 123 Å². The van der Waals surface area contributed by atoms with Crippen LogP contribution in [0.2, 0.25) is 0 Å². The number of ketones is 2. The average molecular weight is 359 g/mol. The highest BCUT2D eigenvalue weighted by atomic mass is 32.2. The van der Waals surface area contributed by atoms with E-state index in [1.54, 1.807) is 34.9 Å². The van der Waals surface area contributed by atoms with Gasteiger partial charge in [-0.2, -0.15) is 26.3 Å². The van der Waals surface area contributed by atoms with Crippen molar-refractivity contribution in [2.45, 2.75) is 37.9 Å². The molecule has 0 fully saturated rings. The van der Waals surface area contributed by atoms with Crippen molar-refractivity contribution in [1.82, 2.24) is 4.31 Å². The molecule has 0 aromatic heterocycles. The zero-order valence-electron chi connectivity index (χ0n) is 12.3. The SMILES string of the molecule is CN(C)S(=O)(=O)C(C)(C)C.O=C(C(=O)C(F)(F)F)C(F)(F)F. The molecule has 0 bridgehead atoms. The molecule has 0 aliphatic rings. The van der Waals surface area contributed by atoms with Crippen LogP contribution in [0.3, 0.4) is 0 Å². The summed E-state index contributed by atoms with van der Waals surface area (Å²) in [6, 6.07) is 0. The van der Waals surface area contributed by atoms with Crippen LogP contribution in [0.5, 0.6) is 0 Å². The predicted octanol–water partition coefficient (Wildman–Crippen LogP) is 1.93. The van der Waals surface area contributed by atoms with Gasteiger partial charge < -0.3 is 0 Å². The lowest BCUT2D eigenvalue weighted by molar-refractivity contribution is -0.193. The van der Waals surface area contributed by atoms with Gasteiger partial charge in [-0.1, -0.05) is 0 Å². The fourth-order valence-corrected chi connectivity index (χ4v) is 1.90. The second-order valence-electron chi connectivity index (χ2n) is 5.05. The minimum atomic E-state index is -5.77. The van der Waals surface area contributed by atoms with Crippen LogP contribution in [0.25, 0.3) is 0 Å². The fourth-order valence-electron chi connectivity index (χ4n) is 0.805. The van der Waals surface area contributed by atoms with Gasteiger partial charge in [-0.15, -0.1) is 0 Å². The number of carbonyl (C=O) groups excluding carboxylic acids is 2. The van der Waals surface area contributed by atoms with Crippen molar-refractivity contribution in [3.8, 4) is 0 Å². The van der Waals surface area contributed by atoms with Gasteiger partial charge in [0, 0.05) is 14.1 Å². The number of carbonyl (C=O) groups is 2. The van der Waals surface area contributed by atoms with E-state index >= 15 is 0 Å². The van der Waals surface area contributed by atoms with Crippen molar-refractivity contribution in [3.05, 3.63) is 0 Å². The maximum Gasteiger partial charge on any atom is 0.458 e. The van der Waals surface area contributed by atoms with Gasteiger partial charge in [0.25, 0.3) is 0 Å².